The molecule has 1 N–H and O–H groups in total. The van der Waals surface area contributed by atoms with Gasteiger partial charge in [-0.2, -0.15) is 0 Å². The number of methoxy groups -OCH3 is 1. The number of sulfonamides is 1. The number of nitrogens with one attached hydrogen (secondary N) is 1. The molecule has 0 bridgehead atoms. The van der Waals surface area contributed by atoms with Crippen LogP contribution < -0.4 is 9.46 Å². The number of anilines is 1. The SMILES string of the molecule is CCCCCCc1ccc(S(=O)(=O)Nc2ccc(OC)cc2)cc1. The number of ether oxygens (including phenoxy) is 1. The molecule has 0 saturated heterocycles. The van der Waals surface area contributed by atoms with Crippen molar-refractivity contribution in [1.82, 2.24) is 0 Å². The molecule has 2 aromatic rings. The van der Waals surface area contributed by atoms with Gasteiger partial charge in [0.1, 0.15) is 5.75 Å². The zero-order chi connectivity index (χ0) is 17.4. The summed E-state index contributed by atoms with van der Waals surface area (Å²) in [5, 5.41) is 0. The molecule has 0 radical (unpaired) electrons. The smallest absolute Gasteiger partial charge is 0.261 e. The van der Waals surface area contributed by atoms with Crippen LogP contribution >= 0.6 is 0 Å². The molecule has 0 aliphatic carbocycles. The topological polar surface area (TPSA) is 55.4 Å². The Balaban J connectivity index is 2.00. The van der Waals surface area contributed by atoms with Crippen molar-refractivity contribution in [1.29, 1.82) is 0 Å². The molecule has 2 aromatic carbocycles. The molecule has 0 spiro atoms. The second-order valence-electron chi connectivity index (χ2n) is 5.79. The molecule has 0 unspecified atom stereocenters. The molecule has 5 heteroatoms. The quantitative estimate of drug-likeness (QED) is 0.674. The third-order valence-corrected chi connectivity index (χ3v) is 5.29. The van der Waals surface area contributed by atoms with Gasteiger partial charge in [-0.1, -0.05) is 38.3 Å². The first kappa shape index (κ1) is 18.3. The van der Waals surface area contributed by atoms with Crippen LogP contribution in [0.5, 0.6) is 5.75 Å². The minimum Gasteiger partial charge on any atom is -0.497 e. The fraction of sp³-hybridized carbons (Fsp3) is 0.368. The van der Waals surface area contributed by atoms with E-state index in [1.165, 1.54) is 24.8 Å². The van der Waals surface area contributed by atoms with Gasteiger partial charge in [-0.05, 0) is 54.8 Å². The van der Waals surface area contributed by atoms with Gasteiger partial charge in [0.2, 0.25) is 0 Å². The fourth-order valence-corrected chi connectivity index (χ4v) is 3.52. The van der Waals surface area contributed by atoms with Gasteiger partial charge in [-0.3, -0.25) is 4.72 Å². The third kappa shape index (κ3) is 5.27. The summed E-state index contributed by atoms with van der Waals surface area (Å²) in [7, 11) is -2.00. The molecule has 0 fully saturated rings. The van der Waals surface area contributed by atoms with E-state index in [0.717, 1.165) is 12.8 Å². The van der Waals surface area contributed by atoms with E-state index < -0.39 is 10.0 Å². The molecule has 0 amide bonds. The van der Waals surface area contributed by atoms with Crippen molar-refractivity contribution in [3.8, 4) is 5.75 Å². The van der Waals surface area contributed by atoms with Crippen LogP contribution in [0.2, 0.25) is 0 Å². The van der Waals surface area contributed by atoms with Crippen LogP contribution in [-0.2, 0) is 16.4 Å². The summed E-state index contributed by atoms with van der Waals surface area (Å²) in [5.41, 5.74) is 1.69. The fourth-order valence-electron chi connectivity index (χ4n) is 2.46. The molecule has 0 saturated carbocycles. The highest BCUT2D eigenvalue weighted by molar-refractivity contribution is 7.92. The van der Waals surface area contributed by atoms with Crippen molar-refractivity contribution in [3.63, 3.8) is 0 Å². The lowest BCUT2D eigenvalue weighted by Crippen LogP contribution is -2.12. The van der Waals surface area contributed by atoms with E-state index in [0.29, 0.717) is 11.4 Å². The highest BCUT2D eigenvalue weighted by Crippen LogP contribution is 2.20. The van der Waals surface area contributed by atoms with E-state index in [4.69, 9.17) is 4.74 Å². The predicted octanol–water partition coefficient (Wildman–Crippen LogP) is 4.62. The van der Waals surface area contributed by atoms with Crippen LogP contribution in [0.1, 0.15) is 38.2 Å². The molecule has 130 valence electrons. The lowest BCUT2D eigenvalue weighted by atomic mass is 10.1. The van der Waals surface area contributed by atoms with Gasteiger partial charge < -0.3 is 4.74 Å². The van der Waals surface area contributed by atoms with E-state index in [1.807, 2.05) is 12.1 Å². The summed E-state index contributed by atoms with van der Waals surface area (Å²) >= 11 is 0. The Labute approximate surface area is 144 Å². The number of hydrogen-bond donors (Lipinski definition) is 1. The lowest BCUT2D eigenvalue weighted by molar-refractivity contribution is 0.415. The molecular formula is C19H25NO3S. The van der Waals surface area contributed by atoms with Crippen molar-refractivity contribution in [2.75, 3.05) is 11.8 Å². The van der Waals surface area contributed by atoms with E-state index in [2.05, 4.69) is 11.6 Å². The molecule has 0 aromatic heterocycles. The zero-order valence-electron chi connectivity index (χ0n) is 14.3. The standard InChI is InChI=1S/C19H25NO3S/c1-3-4-5-6-7-16-8-14-19(15-9-16)24(21,22)20-17-10-12-18(23-2)13-11-17/h8-15,20H,3-7H2,1-2H3. The highest BCUT2D eigenvalue weighted by atomic mass is 32.2. The van der Waals surface area contributed by atoms with Gasteiger partial charge in [0, 0.05) is 5.69 Å². The summed E-state index contributed by atoms with van der Waals surface area (Å²) < 4.78 is 32.5. The first-order chi connectivity index (χ1) is 11.5. The third-order valence-electron chi connectivity index (χ3n) is 3.89. The summed E-state index contributed by atoms with van der Waals surface area (Å²) in [4.78, 5) is 0.274. The first-order valence-corrected chi connectivity index (χ1v) is 9.79. The van der Waals surface area contributed by atoms with E-state index in [-0.39, 0.29) is 4.90 Å². The van der Waals surface area contributed by atoms with Crippen LogP contribution in [0.3, 0.4) is 0 Å². The van der Waals surface area contributed by atoms with Crippen LogP contribution in [0, 0.1) is 0 Å². The van der Waals surface area contributed by atoms with Gasteiger partial charge in [-0.25, -0.2) is 8.42 Å². The molecule has 4 nitrogen and oxygen atoms in total. The number of benzene rings is 2. The molecule has 2 rings (SSSR count). The van der Waals surface area contributed by atoms with Crippen molar-refractivity contribution in [3.05, 3.63) is 54.1 Å². The summed E-state index contributed by atoms with van der Waals surface area (Å²) in [5.74, 6) is 0.686. The zero-order valence-corrected chi connectivity index (χ0v) is 15.1. The maximum absolute atomic E-state index is 12.4. The van der Waals surface area contributed by atoms with Crippen molar-refractivity contribution >= 4 is 15.7 Å². The molecular weight excluding hydrogens is 322 g/mol. The maximum Gasteiger partial charge on any atom is 0.261 e. The normalized spacial score (nSPS) is 11.2. The maximum atomic E-state index is 12.4. The Hall–Kier alpha value is -2.01. The Morgan fingerprint density at radius 2 is 1.58 bits per heavy atom. The monoisotopic (exact) mass is 347 g/mol. The average Bonchev–Trinajstić information content (AvgIpc) is 2.59. The van der Waals surface area contributed by atoms with Crippen molar-refractivity contribution in [2.45, 2.75) is 43.9 Å². The van der Waals surface area contributed by atoms with Crippen LogP contribution in [0.25, 0.3) is 0 Å². The second-order valence-corrected chi connectivity index (χ2v) is 7.47. The first-order valence-electron chi connectivity index (χ1n) is 8.31. The van der Waals surface area contributed by atoms with Crippen LogP contribution in [-0.4, -0.2) is 15.5 Å². The molecule has 0 aliphatic heterocycles. The van der Waals surface area contributed by atoms with Gasteiger partial charge in [0.05, 0.1) is 12.0 Å². The van der Waals surface area contributed by atoms with E-state index in [9.17, 15) is 8.42 Å². The molecule has 0 heterocycles. The Morgan fingerprint density at radius 3 is 2.17 bits per heavy atom. The van der Waals surface area contributed by atoms with Gasteiger partial charge in [0.25, 0.3) is 10.0 Å². The predicted molar refractivity (Wildman–Crippen MR) is 98.1 cm³/mol. The Morgan fingerprint density at radius 1 is 0.917 bits per heavy atom. The second kappa shape index (κ2) is 8.73. The number of aryl methyl sites for hydroxylation is 1. The molecule has 24 heavy (non-hydrogen) atoms. The summed E-state index contributed by atoms with van der Waals surface area (Å²) in [6, 6.07) is 13.9. The number of unbranched alkanes of at least 4 members (excludes halogenated alkanes) is 3. The van der Waals surface area contributed by atoms with Gasteiger partial charge >= 0.3 is 0 Å². The van der Waals surface area contributed by atoms with Crippen LogP contribution in [0.4, 0.5) is 5.69 Å². The highest BCUT2D eigenvalue weighted by Gasteiger charge is 2.14. The number of hydrogen-bond acceptors (Lipinski definition) is 3. The van der Waals surface area contributed by atoms with Crippen LogP contribution in [0.15, 0.2) is 53.4 Å². The Kier molecular flexibility index (Phi) is 6.67. The Bertz CT molecular complexity index is 722. The van der Waals surface area contributed by atoms with Gasteiger partial charge in [-0.15, -0.1) is 0 Å². The molecule has 0 aliphatic rings. The van der Waals surface area contributed by atoms with Crippen molar-refractivity contribution in [2.24, 2.45) is 0 Å². The minimum absolute atomic E-state index is 0.274. The van der Waals surface area contributed by atoms with E-state index in [1.54, 1.807) is 43.5 Å². The van der Waals surface area contributed by atoms with E-state index >= 15 is 0 Å². The van der Waals surface area contributed by atoms with Gasteiger partial charge in [0.15, 0.2) is 0 Å². The summed E-state index contributed by atoms with van der Waals surface area (Å²) in [6.45, 7) is 2.19. The number of rotatable bonds is 9. The lowest BCUT2D eigenvalue weighted by Gasteiger charge is -2.09. The minimum atomic E-state index is -3.57. The average molecular weight is 347 g/mol. The largest absolute Gasteiger partial charge is 0.497 e. The van der Waals surface area contributed by atoms with Crippen molar-refractivity contribution < 1.29 is 13.2 Å². The summed E-state index contributed by atoms with van der Waals surface area (Å²) in [6.07, 6.45) is 5.82. The molecule has 0 atom stereocenters.